The molecule has 4 heteroatoms. The largest absolute Gasteiger partial charge is 0.478 e. The summed E-state index contributed by atoms with van der Waals surface area (Å²) in [5, 5.41) is 8.27. The molecule has 0 fully saturated rings. The van der Waals surface area contributed by atoms with Crippen molar-refractivity contribution < 1.29 is 19.4 Å². The van der Waals surface area contributed by atoms with Crippen LogP contribution in [-0.2, 0) is 14.3 Å². The van der Waals surface area contributed by atoms with Crippen molar-refractivity contribution in [1.29, 1.82) is 0 Å². The molecule has 0 aromatic heterocycles. The molecule has 0 aliphatic heterocycles. The molecule has 1 N–H and O–H groups in total. The van der Waals surface area contributed by atoms with Crippen LogP contribution >= 0.6 is 0 Å². The Kier molecular flexibility index (Phi) is 7.50. The van der Waals surface area contributed by atoms with Gasteiger partial charge in [0, 0.05) is 12.5 Å². The zero-order valence-electron chi connectivity index (χ0n) is 8.36. The van der Waals surface area contributed by atoms with E-state index in [9.17, 15) is 9.59 Å². The lowest BCUT2D eigenvalue weighted by Gasteiger charge is -1.99. The SMILES string of the molecule is CCOC(=O)CCCC/C=C/C(=O)O. The van der Waals surface area contributed by atoms with Crippen LogP contribution in [-0.4, -0.2) is 23.7 Å². The average molecular weight is 200 g/mol. The first kappa shape index (κ1) is 12.7. The second-order valence-corrected chi connectivity index (χ2v) is 2.79. The predicted octanol–water partition coefficient (Wildman–Crippen LogP) is 1.75. The maximum atomic E-state index is 10.8. The summed E-state index contributed by atoms with van der Waals surface area (Å²) in [7, 11) is 0. The van der Waals surface area contributed by atoms with E-state index in [4.69, 9.17) is 9.84 Å². The Labute approximate surface area is 83.6 Å². The molecule has 0 saturated carbocycles. The van der Waals surface area contributed by atoms with Crippen molar-refractivity contribution >= 4 is 11.9 Å². The van der Waals surface area contributed by atoms with Crippen LogP contribution in [0.15, 0.2) is 12.2 Å². The third-order valence-corrected chi connectivity index (χ3v) is 1.57. The second-order valence-electron chi connectivity index (χ2n) is 2.79. The van der Waals surface area contributed by atoms with Crippen molar-refractivity contribution in [2.45, 2.75) is 32.6 Å². The Balaban J connectivity index is 3.29. The summed E-state index contributed by atoms with van der Waals surface area (Å²) >= 11 is 0. The van der Waals surface area contributed by atoms with E-state index < -0.39 is 5.97 Å². The zero-order valence-corrected chi connectivity index (χ0v) is 8.36. The van der Waals surface area contributed by atoms with E-state index >= 15 is 0 Å². The van der Waals surface area contributed by atoms with Gasteiger partial charge >= 0.3 is 11.9 Å². The molecule has 0 amide bonds. The standard InChI is InChI=1S/C10H16O4/c1-2-14-10(13)8-6-4-3-5-7-9(11)12/h5,7H,2-4,6,8H2,1H3,(H,11,12)/b7-5+. The first-order valence-corrected chi connectivity index (χ1v) is 4.72. The minimum Gasteiger partial charge on any atom is -0.478 e. The van der Waals surface area contributed by atoms with Crippen LogP contribution in [0.25, 0.3) is 0 Å². The number of carboxylic acid groups (broad SMARTS) is 1. The fourth-order valence-electron chi connectivity index (χ4n) is 0.949. The van der Waals surface area contributed by atoms with Crippen molar-refractivity contribution in [2.24, 2.45) is 0 Å². The van der Waals surface area contributed by atoms with Gasteiger partial charge in [0.1, 0.15) is 0 Å². The summed E-state index contributed by atoms with van der Waals surface area (Å²) in [6.45, 7) is 2.19. The summed E-state index contributed by atoms with van der Waals surface area (Å²) < 4.78 is 4.74. The molecule has 4 nitrogen and oxygen atoms in total. The average Bonchev–Trinajstić information content (AvgIpc) is 2.11. The number of hydrogen-bond donors (Lipinski definition) is 1. The topological polar surface area (TPSA) is 63.6 Å². The molecule has 0 aromatic rings. The maximum Gasteiger partial charge on any atom is 0.327 e. The minimum absolute atomic E-state index is 0.185. The van der Waals surface area contributed by atoms with Gasteiger partial charge in [0.15, 0.2) is 0 Å². The van der Waals surface area contributed by atoms with Gasteiger partial charge in [-0.3, -0.25) is 4.79 Å². The van der Waals surface area contributed by atoms with Crippen molar-refractivity contribution in [3.05, 3.63) is 12.2 Å². The van der Waals surface area contributed by atoms with Gasteiger partial charge in [-0.25, -0.2) is 4.79 Å². The molecule has 0 aliphatic rings. The Hall–Kier alpha value is -1.32. The maximum absolute atomic E-state index is 10.8. The van der Waals surface area contributed by atoms with E-state index in [1.54, 1.807) is 13.0 Å². The summed E-state index contributed by atoms with van der Waals surface area (Å²) in [4.78, 5) is 20.9. The smallest absolute Gasteiger partial charge is 0.327 e. The highest BCUT2D eigenvalue weighted by Crippen LogP contribution is 2.02. The lowest BCUT2D eigenvalue weighted by atomic mass is 10.2. The summed E-state index contributed by atoms with van der Waals surface area (Å²) in [6, 6.07) is 0. The van der Waals surface area contributed by atoms with Crippen molar-refractivity contribution in [3.63, 3.8) is 0 Å². The Bertz CT molecular complexity index is 208. The van der Waals surface area contributed by atoms with Gasteiger partial charge < -0.3 is 9.84 Å². The molecular formula is C10H16O4. The Morgan fingerprint density at radius 1 is 1.36 bits per heavy atom. The quantitative estimate of drug-likeness (QED) is 0.386. The molecule has 0 radical (unpaired) electrons. The number of carbonyl (C=O) groups is 2. The molecule has 0 spiro atoms. The molecule has 0 atom stereocenters. The monoisotopic (exact) mass is 200 g/mol. The van der Waals surface area contributed by atoms with Gasteiger partial charge in [-0.1, -0.05) is 6.08 Å². The fourth-order valence-corrected chi connectivity index (χ4v) is 0.949. The molecule has 0 rings (SSSR count). The number of hydrogen-bond acceptors (Lipinski definition) is 3. The van der Waals surface area contributed by atoms with E-state index in [0.717, 1.165) is 18.9 Å². The van der Waals surface area contributed by atoms with E-state index in [2.05, 4.69) is 0 Å². The van der Waals surface area contributed by atoms with Crippen molar-refractivity contribution in [3.8, 4) is 0 Å². The third kappa shape index (κ3) is 8.77. The highest BCUT2D eigenvalue weighted by atomic mass is 16.5. The third-order valence-electron chi connectivity index (χ3n) is 1.57. The molecule has 80 valence electrons. The van der Waals surface area contributed by atoms with Crippen LogP contribution < -0.4 is 0 Å². The number of rotatable bonds is 7. The van der Waals surface area contributed by atoms with Gasteiger partial charge in [0.05, 0.1) is 6.61 Å². The van der Waals surface area contributed by atoms with Crippen LogP contribution in [0, 0.1) is 0 Å². The molecule has 14 heavy (non-hydrogen) atoms. The number of esters is 1. The normalized spacial score (nSPS) is 10.4. The first-order chi connectivity index (χ1) is 6.66. The molecule has 0 unspecified atom stereocenters. The fraction of sp³-hybridized carbons (Fsp3) is 0.600. The molecule has 0 aromatic carbocycles. The highest BCUT2D eigenvalue weighted by Gasteiger charge is 1.99. The molecular weight excluding hydrogens is 184 g/mol. The van der Waals surface area contributed by atoms with Crippen LogP contribution in [0.2, 0.25) is 0 Å². The lowest BCUT2D eigenvalue weighted by molar-refractivity contribution is -0.143. The number of carboxylic acids is 1. The van der Waals surface area contributed by atoms with Crippen LogP contribution in [0.5, 0.6) is 0 Å². The molecule has 0 heterocycles. The van der Waals surface area contributed by atoms with Crippen molar-refractivity contribution in [2.75, 3.05) is 6.61 Å². The van der Waals surface area contributed by atoms with Crippen LogP contribution in [0.4, 0.5) is 0 Å². The highest BCUT2D eigenvalue weighted by molar-refractivity contribution is 5.79. The summed E-state index contributed by atoms with van der Waals surface area (Å²) in [5.41, 5.74) is 0. The van der Waals surface area contributed by atoms with Crippen molar-refractivity contribution in [1.82, 2.24) is 0 Å². The lowest BCUT2D eigenvalue weighted by Crippen LogP contribution is -2.02. The minimum atomic E-state index is -0.935. The second kappa shape index (κ2) is 8.29. The molecule has 0 aliphatic carbocycles. The van der Waals surface area contributed by atoms with Crippen LogP contribution in [0.3, 0.4) is 0 Å². The molecule has 0 bridgehead atoms. The number of aliphatic carboxylic acids is 1. The van der Waals surface area contributed by atoms with E-state index in [-0.39, 0.29) is 5.97 Å². The van der Waals surface area contributed by atoms with Gasteiger partial charge in [-0.2, -0.15) is 0 Å². The number of ether oxygens (including phenoxy) is 1. The van der Waals surface area contributed by atoms with Crippen LogP contribution in [0.1, 0.15) is 32.6 Å². The molecule has 0 saturated heterocycles. The number of allylic oxidation sites excluding steroid dienone is 1. The van der Waals surface area contributed by atoms with Gasteiger partial charge in [-0.15, -0.1) is 0 Å². The zero-order chi connectivity index (χ0) is 10.8. The number of carbonyl (C=O) groups excluding carboxylic acids is 1. The summed E-state index contributed by atoms with van der Waals surface area (Å²) in [6.07, 6.45) is 5.35. The Morgan fingerprint density at radius 2 is 2.07 bits per heavy atom. The number of unbranched alkanes of at least 4 members (excludes halogenated alkanes) is 2. The van der Waals surface area contributed by atoms with E-state index in [0.29, 0.717) is 19.4 Å². The van der Waals surface area contributed by atoms with E-state index in [1.807, 2.05) is 0 Å². The Morgan fingerprint density at radius 3 is 2.64 bits per heavy atom. The van der Waals surface area contributed by atoms with Gasteiger partial charge in [0.2, 0.25) is 0 Å². The van der Waals surface area contributed by atoms with E-state index in [1.165, 1.54) is 0 Å². The first-order valence-electron chi connectivity index (χ1n) is 4.72. The van der Waals surface area contributed by atoms with Gasteiger partial charge in [0.25, 0.3) is 0 Å². The predicted molar refractivity (Wildman–Crippen MR) is 51.9 cm³/mol. The van der Waals surface area contributed by atoms with Gasteiger partial charge in [-0.05, 0) is 26.2 Å². The summed E-state index contributed by atoms with van der Waals surface area (Å²) in [5.74, 6) is -1.12.